The molecule has 2 aromatic carbocycles. The van der Waals surface area contributed by atoms with Crippen LogP contribution >= 0.6 is 0 Å². The Morgan fingerprint density at radius 1 is 0.931 bits per heavy atom. The summed E-state index contributed by atoms with van der Waals surface area (Å²) in [7, 11) is 0. The zero-order chi connectivity index (χ0) is 21.8. The lowest BCUT2D eigenvalue weighted by Crippen LogP contribution is -2.31. The minimum Gasteiger partial charge on any atom is -0.442 e. The van der Waals surface area contributed by atoms with Crippen LogP contribution in [0.25, 0.3) is 0 Å². The number of hydrogen-bond acceptors (Lipinski definition) is 3. The van der Waals surface area contributed by atoms with Crippen molar-refractivity contribution in [2.45, 2.75) is 32.5 Å². The Labute approximate surface area is 164 Å². The zero-order valence-corrected chi connectivity index (χ0v) is 15.8. The molecule has 3 amide bonds. The predicted octanol–water partition coefficient (Wildman–Crippen LogP) is 5.98. The van der Waals surface area contributed by atoms with Gasteiger partial charge in [0.1, 0.15) is 5.60 Å². The smallest absolute Gasteiger partial charge is 0.442 e. The maximum Gasteiger partial charge on any atom is 0.443 e. The van der Waals surface area contributed by atoms with E-state index >= 15 is 0 Å². The van der Waals surface area contributed by atoms with Crippen molar-refractivity contribution in [3.05, 3.63) is 54.1 Å². The van der Waals surface area contributed by atoms with E-state index in [0.29, 0.717) is 0 Å². The Morgan fingerprint density at radius 2 is 1.52 bits per heavy atom. The normalized spacial score (nSPS) is 11.6. The fourth-order valence-corrected chi connectivity index (χ4v) is 2.15. The Bertz CT molecular complexity index is 878. The van der Waals surface area contributed by atoms with E-state index in [1.165, 1.54) is 36.4 Å². The third-order valence-corrected chi connectivity index (χ3v) is 3.35. The summed E-state index contributed by atoms with van der Waals surface area (Å²) in [4.78, 5) is 23.7. The molecule has 0 bridgehead atoms. The van der Waals surface area contributed by atoms with Gasteiger partial charge in [0.15, 0.2) is 0 Å². The topological polar surface area (TPSA) is 70.7 Å². The molecule has 156 valence electrons. The van der Waals surface area contributed by atoms with Crippen molar-refractivity contribution in [2.75, 3.05) is 15.8 Å². The number of carbonyl (C=O) groups is 2. The van der Waals surface area contributed by atoms with Gasteiger partial charge in [-0.05, 0) is 63.2 Å². The number of anilines is 3. The van der Waals surface area contributed by atoms with Crippen LogP contribution in [0.5, 0.6) is 0 Å². The molecule has 29 heavy (non-hydrogen) atoms. The molecule has 0 aromatic heterocycles. The SMILES string of the molecule is CC(C)(C)OC(=O)N(F)c1ccc(NC(=O)Nc2cccc(C(F)(F)F)c2)cc1. The Morgan fingerprint density at radius 3 is 2.07 bits per heavy atom. The van der Waals surface area contributed by atoms with Crippen molar-refractivity contribution in [3.63, 3.8) is 0 Å². The van der Waals surface area contributed by atoms with Crippen LogP contribution < -0.4 is 15.8 Å². The lowest BCUT2D eigenvalue weighted by molar-refractivity contribution is -0.137. The van der Waals surface area contributed by atoms with Gasteiger partial charge in [0.2, 0.25) is 0 Å². The predicted molar refractivity (Wildman–Crippen MR) is 100 cm³/mol. The van der Waals surface area contributed by atoms with Gasteiger partial charge in [0, 0.05) is 11.4 Å². The maximum absolute atomic E-state index is 14.0. The van der Waals surface area contributed by atoms with Crippen LogP contribution in [0.15, 0.2) is 48.5 Å². The lowest BCUT2D eigenvalue weighted by atomic mass is 10.2. The third-order valence-electron chi connectivity index (χ3n) is 3.35. The number of amides is 3. The Hall–Kier alpha value is -3.30. The first-order valence-electron chi connectivity index (χ1n) is 8.39. The molecule has 0 atom stereocenters. The Balaban J connectivity index is 1.99. The standard InChI is InChI=1S/C19H19F4N3O3/c1-18(2,3)29-17(28)26(23)15-9-7-13(8-10-15)24-16(27)25-14-6-4-5-12(11-14)19(20,21)22/h4-11H,1-3H3,(H2,24,25,27). The molecule has 0 spiro atoms. The van der Waals surface area contributed by atoms with Gasteiger partial charge in [-0.15, -0.1) is 5.12 Å². The molecule has 0 aliphatic heterocycles. The number of nitrogens with zero attached hydrogens (tertiary/aromatic N) is 1. The lowest BCUT2D eigenvalue weighted by Gasteiger charge is -2.22. The van der Waals surface area contributed by atoms with Crippen LogP contribution in [-0.4, -0.2) is 17.7 Å². The number of carbonyl (C=O) groups excluding carboxylic acids is 2. The highest BCUT2D eigenvalue weighted by atomic mass is 19.4. The number of ether oxygens (including phenoxy) is 1. The van der Waals surface area contributed by atoms with Crippen molar-refractivity contribution >= 4 is 29.2 Å². The first-order chi connectivity index (χ1) is 13.3. The highest BCUT2D eigenvalue weighted by Crippen LogP contribution is 2.30. The zero-order valence-electron chi connectivity index (χ0n) is 15.8. The number of alkyl halides is 3. The van der Waals surface area contributed by atoms with Gasteiger partial charge in [-0.2, -0.15) is 13.2 Å². The molecular formula is C19H19F4N3O3. The molecule has 2 aromatic rings. The maximum atomic E-state index is 14.0. The van der Waals surface area contributed by atoms with E-state index in [-0.39, 0.29) is 22.2 Å². The summed E-state index contributed by atoms with van der Waals surface area (Å²) in [5, 5.41) is 4.49. The van der Waals surface area contributed by atoms with Crippen molar-refractivity contribution in [1.82, 2.24) is 0 Å². The van der Waals surface area contributed by atoms with E-state index in [2.05, 4.69) is 10.6 Å². The van der Waals surface area contributed by atoms with Gasteiger partial charge in [-0.25, -0.2) is 9.59 Å². The third kappa shape index (κ3) is 6.66. The summed E-state index contributed by atoms with van der Waals surface area (Å²) in [6.45, 7) is 4.78. The second-order valence-corrected chi connectivity index (χ2v) is 6.97. The molecule has 0 fully saturated rings. The van der Waals surface area contributed by atoms with E-state index in [4.69, 9.17) is 4.74 Å². The molecule has 6 nitrogen and oxygen atoms in total. The molecule has 10 heteroatoms. The first kappa shape index (κ1) is 22.0. The minimum absolute atomic E-state index is 0.0474. The van der Waals surface area contributed by atoms with E-state index in [9.17, 15) is 27.2 Å². The summed E-state index contributed by atoms with van der Waals surface area (Å²) in [6, 6.07) is 8.45. The van der Waals surface area contributed by atoms with Gasteiger partial charge in [-0.1, -0.05) is 10.5 Å². The molecule has 0 aliphatic carbocycles. The molecule has 0 heterocycles. The second-order valence-electron chi connectivity index (χ2n) is 6.97. The number of halogens is 4. The van der Waals surface area contributed by atoms with Crippen LogP contribution in [0, 0.1) is 0 Å². The molecule has 0 unspecified atom stereocenters. The second kappa shape index (κ2) is 8.38. The highest BCUT2D eigenvalue weighted by Gasteiger charge is 2.30. The fraction of sp³-hybridized carbons (Fsp3) is 0.263. The number of urea groups is 1. The number of benzene rings is 2. The van der Waals surface area contributed by atoms with Crippen LogP contribution in [0.3, 0.4) is 0 Å². The van der Waals surface area contributed by atoms with Crippen LogP contribution in [0.2, 0.25) is 0 Å². The van der Waals surface area contributed by atoms with Crippen LogP contribution in [-0.2, 0) is 10.9 Å². The minimum atomic E-state index is -4.53. The Kier molecular flexibility index (Phi) is 6.35. The first-order valence-corrected chi connectivity index (χ1v) is 8.39. The molecule has 0 radical (unpaired) electrons. The van der Waals surface area contributed by atoms with Gasteiger partial charge >= 0.3 is 18.3 Å². The fourth-order valence-electron chi connectivity index (χ4n) is 2.15. The summed E-state index contributed by atoms with van der Waals surface area (Å²) in [5.41, 5.74) is -1.71. The molecule has 2 rings (SSSR count). The highest BCUT2D eigenvalue weighted by molar-refractivity contribution is 6.00. The quantitative estimate of drug-likeness (QED) is 0.481. The van der Waals surface area contributed by atoms with Gasteiger partial charge in [0.25, 0.3) is 0 Å². The molecule has 2 N–H and O–H groups in total. The van der Waals surface area contributed by atoms with Crippen LogP contribution in [0.1, 0.15) is 26.3 Å². The van der Waals surface area contributed by atoms with E-state index in [1.54, 1.807) is 20.8 Å². The molecule has 0 aliphatic rings. The van der Waals surface area contributed by atoms with Crippen molar-refractivity contribution in [1.29, 1.82) is 0 Å². The summed E-state index contributed by atoms with van der Waals surface area (Å²) in [6.07, 6.45) is -5.73. The molecule has 0 saturated heterocycles. The van der Waals surface area contributed by atoms with E-state index in [0.717, 1.165) is 12.1 Å². The number of nitrogens with one attached hydrogen (secondary N) is 2. The number of hydrogen-bond donors (Lipinski definition) is 2. The van der Waals surface area contributed by atoms with E-state index in [1.807, 2.05) is 0 Å². The van der Waals surface area contributed by atoms with Gasteiger partial charge in [0.05, 0.1) is 11.3 Å². The van der Waals surface area contributed by atoms with Crippen LogP contribution in [0.4, 0.5) is 44.3 Å². The van der Waals surface area contributed by atoms with Crippen molar-refractivity contribution in [2.24, 2.45) is 0 Å². The summed E-state index contributed by atoms with van der Waals surface area (Å²) >= 11 is 0. The summed E-state index contributed by atoms with van der Waals surface area (Å²) in [5.74, 6) is 0. The van der Waals surface area contributed by atoms with Crippen molar-refractivity contribution in [3.8, 4) is 0 Å². The van der Waals surface area contributed by atoms with Crippen molar-refractivity contribution < 1.29 is 32.0 Å². The van der Waals surface area contributed by atoms with E-state index < -0.39 is 29.5 Å². The van der Waals surface area contributed by atoms with Gasteiger partial charge in [-0.3, -0.25) is 0 Å². The summed E-state index contributed by atoms with van der Waals surface area (Å²) < 4.78 is 57.1. The molecular weight excluding hydrogens is 394 g/mol. The van der Waals surface area contributed by atoms with Gasteiger partial charge < -0.3 is 15.4 Å². The largest absolute Gasteiger partial charge is 0.443 e. The molecule has 0 saturated carbocycles. The average molecular weight is 413 g/mol. The number of rotatable bonds is 3. The monoisotopic (exact) mass is 413 g/mol. The average Bonchev–Trinajstić information content (AvgIpc) is 2.59.